The minimum Gasteiger partial charge on any atom is -0.495 e. The van der Waals surface area contributed by atoms with E-state index < -0.39 is 25.1 Å². The van der Waals surface area contributed by atoms with Crippen LogP contribution >= 0.6 is 0 Å². The average molecular weight is 447 g/mol. The maximum atomic E-state index is 13.3. The van der Waals surface area contributed by atoms with E-state index in [2.05, 4.69) is 9.71 Å². The van der Waals surface area contributed by atoms with Gasteiger partial charge in [0, 0.05) is 18.9 Å². The second-order valence-electron chi connectivity index (χ2n) is 6.64. The number of aromatic nitrogens is 1. The van der Waals surface area contributed by atoms with Crippen molar-refractivity contribution in [3.8, 4) is 5.75 Å². The lowest BCUT2D eigenvalue weighted by Crippen LogP contribution is -2.32. The number of methoxy groups -OCH3 is 1. The monoisotopic (exact) mass is 446 g/mol. The van der Waals surface area contributed by atoms with Crippen molar-refractivity contribution >= 4 is 19.9 Å². The molecule has 0 aliphatic rings. The van der Waals surface area contributed by atoms with Crippen LogP contribution in [0.25, 0.3) is 0 Å². The van der Waals surface area contributed by atoms with Crippen LogP contribution in [0.3, 0.4) is 0 Å². The van der Waals surface area contributed by atoms with Gasteiger partial charge in [0.15, 0.2) is 9.84 Å². The van der Waals surface area contributed by atoms with Crippen molar-refractivity contribution < 1.29 is 21.6 Å². The normalized spacial score (nSPS) is 13.0. The van der Waals surface area contributed by atoms with Gasteiger partial charge < -0.3 is 4.74 Å². The number of hydrogen-bond acceptors (Lipinski definition) is 6. The van der Waals surface area contributed by atoms with Crippen LogP contribution in [0.15, 0.2) is 82.8 Å². The predicted molar refractivity (Wildman–Crippen MR) is 114 cm³/mol. The predicted octanol–water partition coefficient (Wildman–Crippen LogP) is 2.89. The smallest absolute Gasteiger partial charge is 0.244 e. The van der Waals surface area contributed by atoms with Crippen molar-refractivity contribution in [2.75, 3.05) is 13.7 Å². The number of pyridine rings is 1. The van der Waals surface area contributed by atoms with Crippen LogP contribution in [0.1, 0.15) is 16.4 Å². The molecule has 0 aliphatic heterocycles. The van der Waals surface area contributed by atoms with Gasteiger partial charge in [-0.3, -0.25) is 4.98 Å². The first-order valence-corrected chi connectivity index (χ1v) is 12.1. The molecule has 7 nitrogen and oxygen atoms in total. The Morgan fingerprint density at radius 1 is 1.00 bits per heavy atom. The van der Waals surface area contributed by atoms with Gasteiger partial charge in [0.1, 0.15) is 15.9 Å². The molecule has 1 heterocycles. The molecule has 3 rings (SSSR count). The lowest BCUT2D eigenvalue weighted by molar-refractivity contribution is 0.402. The van der Waals surface area contributed by atoms with E-state index in [4.69, 9.17) is 4.74 Å². The van der Waals surface area contributed by atoms with Gasteiger partial charge >= 0.3 is 0 Å². The molecule has 1 N–H and O–H groups in total. The van der Waals surface area contributed by atoms with Crippen LogP contribution in [-0.4, -0.2) is 35.5 Å². The molecular weight excluding hydrogens is 424 g/mol. The molecule has 0 saturated carbocycles. The highest BCUT2D eigenvalue weighted by atomic mass is 32.2. The van der Waals surface area contributed by atoms with Crippen LogP contribution < -0.4 is 9.46 Å². The highest BCUT2D eigenvalue weighted by Crippen LogP contribution is 2.29. The zero-order valence-corrected chi connectivity index (χ0v) is 18.2. The summed E-state index contributed by atoms with van der Waals surface area (Å²) in [5.74, 6) is 0.178. The third-order valence-corrected chi connectivity index (χ3v) is 8.13. The number of hydrogen-bond donors (Lipinski definition) is 1. The molecule has 158 valence electrons. The Morgan fingerprint density at radius 2 is 1.73 bits per heavy atom. The summed E-state index contributed by atoms with van der Waals surface area (Å²) in [4.78, 5) is 4.05. The molecule has 0 unspecified atom stereocenters. The molecular formula is C21H22N2O5S2. The fraction of sp³-hybridized carbons (Fsp3) is 0.190. The fourth-order valence-electron chi connectivity index (χ4n) is 3.00. The van der Waals surface area contributed by atoms with E-state index in [-0.39, 0.29) is 22.1 Å². The zero-order valence-electron chi connectivity index (χ0n) is 16.5. The van der Waals surface area contributed by atoms with E-state index in [0.717, 1.165) is 5.56 Å². The Labute approximate surface area is 176 Å². The van der Waals surface area contributed by atoms with E-state index in [1.165, 1.54) is 37.7 Å². The number of sulfonamides is 1. The molecule has 30 heavy (non-hydrogen) atoms. The third-order valence-electron chi connectivity index (χ3n) is 4.57. The Balaban J connectivity index is 1.98. The Hall–Kier alpha value is -2.75. The van der Waals surface area contributed by atoms with E-state index in [9.17, 15) is 16.8 Å². The average Bonchev–Trinajstić information content (AvgIpc) is 2.75. The van der Waals surface area contributed by atoms with Gasteiger partial charge in [-0.1, -0.05) is 30.3 Å². The second-order valence-corrected chi connectivity index (χ2v) is 10.5. The molecule has 0 bridgehead atoms. The molecule has 0 aliphatic carbocycles. The van der Waals surface area contributed by atoms with Crippen molar-refractivity contribution in [3.63, 3.8) is 0 Å². The molecule has 0 saturated heterocycles. The van der Waals surface area contributed by atoms with Gasteiger partial charge in [-0.05, 0) is 48.4 Å². The first kappa shape index (κ1) is 21.9. The van der Waals surface area contributed by atoms with Crippen molar-refractivity contribution in [2.45, 2.75) is 22.0 Å². The Kier molecular flexibility index (Phi) is 6.55. The quantitative estimate of drug-likeness (QED) is 0.571. The number of sulfone groups is 1. The van der Waals surface area contributed by atoms with Gasteiger partial charge in [-0.2, -0.15) is 0 Å². The first-order chi connectivity index (χ1) is 14.3. The summed E-state index contributed by atoms with van der Waals surface area (Å²) in [6.07, 6.45) is 2.95. The fourth-order valence-corrected chi connectivity index (χ4v) is 6.07. The molecule has 1 aromatic heterocycles. The standard InChI is InChI=1S/C21H22N2O5S2/c1-16-10-11-19(28-2)20(13-16)30(26,27)23-15-21(17-7-6-12-22-14-17)29(24,25)18-8-4-3-5-9-18/h3-14,21,23H,15H2,1-2H3/t21-/m0/s1. The minimum absolute atomic E-state index is 0.0490. The molecule has 9 heteroatoms. The topological polar surface area (TPSA) is 102 Å². The van der Waals surface area contributed by atoms with Gasteiger partial charge in [0.25, 0.3) is 0 Å². The van der Waals surface area contributed by atoms with Crippen LogP contribution in [0.4, 0.5) is 0 Å². The van der Waals surface area contributed by atoms with Crippen molar-refractivity contribution in [1.82, 2.24) is 9.71 Å². The molecule has 3 aromatic rings. The van der Waals surface area contributed by atoms with Crippen molar-refractivity contribution in [1.29, 1.82) is 0 Å². The highest BCUT2D eigenvalue weighted by Gasteiger charge is 2.31. The van der Waals surface area contributed by atoms with Crippen LogP contribution in [0, 0.1) is 6.92 Å². The molecule has 2 aromatic carbocycles. The lowest BCUT2D eigenvalue weighted by Gasteiger charge is -2.19. The van der Waals surface area contributed by atoms with Crippen LogP contribution in [-0.2, 0) is 19.9 Å². The summed E-state index contributed by atoms with van der Waals surface area (Å²) in [6, 6.07) is 15.9. The SMILES string of the molecule is COc1ccc(C)cc1S(=O)(=O)NC[C@@H](c1cccnc1)S(=O)(=O)c1ccccc1. The number of nitrogens with one attached hydrogen (secondary N) is 1. The first-order valence-electron chi connectivity index (χ1n) is 9.09. The summed E-state index contributed by atoms with van der Waals surface area (Å²) in [5.41, 5.74) is 1.12. The van der Waals surface area contributed by atoms with E-state index in [1.54, 1.807) is 49.4 Å². The second kappa shape index (κ2) is 8.95. The van der Waals surface area contributed by atoms with Gasteiger partial charge in [-0.25, -0.2) is 21.6 Å². The molecule has 0 amide bonds. The van der Waals surface area contributed by atoms with E-state index >= 15 is 0 Å². The molecule has 0 spiro atoms. The summed E-state index contributed by atoms with van der Waals surface area (Å²) in [7, 11) is -6.53. The lowest BCUT2D eigenvalue weighted by atomic mass is 10.2. The van der Waals surface area contributed by atoms with Crippen LogP contribution in [0.2, 0.25) is 0 Å². The third kappa shape index (κ3) is 4.69. The Morgan fingerprint density at radius 3 is 2.37 bits per heavy atom. The summed E-state index contributed by atoms with van der Waals surface area (Å²) >= 11 is 0. The largest absolute Gasteiger partial charge is 0.495 e. The van der Waals surface area contributed by atoms with Crippen LogP contribution in [0.5, 0.6) is 5.75 Å². The number of benzene rings is 2. The minimum atomic E-state index is -4.03. The summed E-state index contributed by atoms with van der Waals surface area (Å²) in [6.45, 7) is 1.40. The molecule has 1 atom stereocenters. The van der Waals surface area contributed by atoms with Crippen molar-refractivity contribution in [3.05, 3.63) is 84.2 Å². The molecule has 0 fully saturated rings. The number of ether oxygens (including phenoxy) is 1. The highest BCUT2D eigenvalue weighted by molar-refractivity contribution is 7.92. The van der Waals surface area contributed by atoms with Gasteiger partial charge in [-0.15, -0.1) is 0 Å². The zero-order chi connectivity index (χ0) is 21.8. The number of nitrogens with zero attached hydrogens (tertiary/aromatic N) is 1. The van der Waals surface area contributed by atoms with E-state index in [1.807, 2.05) is 0 Å². The van der Waals surface area contributed by atoms with Gasteiger partial charge in [0.2, 0.25) is 10.0 Å². The number of aryl methyl sites for hydroxylation is 1. The van der Waals surface area contributed by atoms with Crippen molar-refractivity contribution in [2.24, 2.45) is 0 Å². The van der Waals surface area contributed by atoms with Gasteiger partial charge in [0.05, 0.1) is 12.0 Å². The van der Waals surface area contributed by atoms with E-state index in [0.29, 0.717) is 5.56 Å². The maximum Gasteiger partial charge on any atom is 0.244 e. The number of rotatable bonds is 8. The summed E-state index contributed by atoms with van der Waals surface area (Å²) < 4.78 is 60.1. The Bertz CT molecular complexity index is 1210. The summed E-state index contributed by atoms with van der Waals surface area (Å²) in [5, 5.41) is -1.15. The maximum absolute atomic E-state index is 13.3. The molecule has 0 radical (unpaired) electrons.